The van der Waals surface area contributed by atoms with Gasteiger partial charge in [-0.3, -0.25) is 9.78 Å². The second kappa shape index (κ2) is 7.87. The van der Waals surface area contributed by atoms with E-state index in [2.05, 4.69) is 15.5 Å². The third-order valence-corrected chi connectivity index (χ3v) is 2.91. The third kappa shape index (κ3) is 4.64. The molecule has 0 saturated heterocycles. The van der Waals surface area contributed by atoms with Gasteiger partial charge in [0, 0.05) is 23.5 Å². The van der Waals surface area contributed by atoms with E-state index in [-0.39, 0.29) is 11.8 Å². The van der Waals surface area contributed by atoms with Crippen molar-refractivity contribution in [3.05, 3.63) is 59.9 Å². The number of hydrogen-bond donors (Lipinski definition) is 2. The van der Waals surface area contributed by atoms with Crippen molar-refractivity contribution >= 4 is 17.6 Å². The summed E-state index contributed by atoms with van der Waals surface area (Å²) in [5.41, 5.74) is 2.65. The van der Waals surface area contributed by atoms with Crippen molar-refractivity contribution in [1.29, 1.82) is 0 Å². The van der Waals surface area contributed by atoms with Gasteiger partial charge >= 0.3 is 5.97 Å². The van der Waals surface area contributed by atoms with E-state index >= 15 is 0 Å². The molecule has 24 heavy (non-hydrogen) atoms. The van der Waals surface area contributed by atoms with Gasteiger partial charge in [-0.25, -0.2) is 10.2 Å². The summed E-state index contributed by atoms with van der Waals surface area (Å²) >= 11 is 0. The minimum Gasteiger partial charge on any atom is -0.491 e. The van der Waals surface area contributed by atoms with Crippen LogP contribution in [0.5, 0.6) is 5.75 Å². The van der Waals surface area contributed by atoms with Crippen molar-refractivity contribution in [2.24, 2.45) is 5.10 Å². The number of aliphatic carboxylic acids is 1. The summed E-state index contributed by atoms with van der Waals surface area (Å²) in [7, 11) is 0. The standard InChI is InChI=1S/C17H17N3O4/c1-11(2)24-14-5-3-12(4-6-14)15(17(22)23)19-20-16(21)13-7-9-18-10-8-13/h3-11H,1-2H3,(H,20,21)(H,22,23)/b19-15+. The molecule has 1 aromatic heterocycles. The van der Waals surface area contributed by atoms with Gasteiger partial charge in [0.15, 0.2) is 5.71 Å². The van der Waals surface area contributed by atoms with Gasteiger partial charge in [-0.05, 0) is 50.2 Å². The first-order valence-corrected chi connectivity index (χ1v) is 7.26. The second-order valence-electron chi connectivity index (χ2n) is 5.13. The summed E-state index contributed by atoms with van der Waals surface area (Å²) in [6.07, 6.45) is 2.94. The number of pyridine rings is 1. The number of amides is 1. The van der Waals surface area contributed by atoms with Crippen molar-refractivity contribution in [2.45, 2.75) is 20.0 Å². The molecule has 0 bridgehead atoms. The number of hydrazone groups is 1. The van der Waals surface area contributed by atoms with Gasteiger partial charge in [0.05, 0.1) is 6.10 Å². The molecule has 2 rings (SSSR count). The van der Waals surface area contributed by atoms with Crippen molar-refractivity contribution in [1.82, 2.24) is 10.4 Å². The summed E-state index contributed by atoms with van der Waals surface area (Å²) in [5.74, 6) is -1.14. The Morgan fingerprint density at radius 3 is 2.25 bits per heavy atom. The summed E-state index contributed by atoms with van der Waals surface area (Å²) < 4.78 is 5.50. The zero-order chi connectivity index (χ0) is 17.5. The molecule has 0 saturated carbocycles. The lowest BCUT2D eigenvalue weighted by Gasteiger charge is -2.10. The Bertz CT molecular complexity index is 740. The average molecular weight is 327 g/mol. The van der Waals surface area contributed by atoms with Crippen LogP contribution >= 0.6 is 0 Å². The molecular formula is C17H17N3O4. The number of ether oxygens (including phenoxy) is 1. The van der Waals surface area contributed by atoms with Crippen LogP contribution in [0.4, 0.5) is 0 Å². The SMILES string of the molecule is CC(C)Oc1ccc(/C(=N\NC(=O)c2ccncc2)C(=O)O)cc1. The van der Waals surface area contributed by atoms with E-state index < -0.39 is 11.9 Å². The largest absolute Gasteiger partial charge is 0.491 e. The highest BCUT2D eigenvalue weighted by Crippen LogP contribution is 2.14. The number of carbonyl (C=O) groups excluding carboxylic acids is 1. The molecule has 1 heterocycles. The first-order chi connectivity index (χ1) is 11.5. The van der Waals surface area contributed by atoms with E-state index in [0.29, 0.717) is 16.9 Å². The molecule has 0 atom stereocenters. The van der Waals surface area contributed by atoms with Crippen LogP contribution in [-0.4, -0.2) is 33.8 Å². The smallest absolute Gasteiger partial charge is 0.356 e. The van der Waals surface area contributed by atoms with Gasteiger partial charge in [-0.2, -0.15) is 5.10 Å². The van der Waals surface area contributed by atoms with Gasteiger partial charge in [-0.1, -0.05) is 0 Å². The number of nitrogens with one attached hydrogen (secondary N) is 1. The zero-order valence-electron chi connectivity index (χ0n) is 13.3. The maximum Gasteiger partial charge on any atom is 0.356 e. The van der Waals surface area contributed by atoms with Crippen LogP contribution in [0.2, 0.25) is 0 Å². The van der Waals surface area contributed by atoms with Gasteiger partial charge < -0.3 is 9.84 Å². The molecule has 2 N–H and O–H groups in total. The molecule has 124 valence electrons. The highest BCUT2D eigenvalue weighted by atomic mass is 16.5. The lowest BCUT2D eigenvalue weighted by Crippen LogP contribution is -2.24. The highest BCUT2D eigenvalue weighted by Gasteiger charge is 2.14. The third-order valence-electron chi connectivity index (χ3n) is 2.91. The highest BCUT2D eigenvalue weighted by molar-refractivity contribution is 6.42. The average Bonchev–Trinajstić information content (AvgIpc) is 2.56. The number of rotatable bonds is 6. The molecule has 0 aliphatic rings. The maximum atomic E-state index is 11.9. The van der Waals surface area contributed by atoms with Crippen LogP contribution in [0, 0.1) is 0 Å². The van der Waals surface area contributed by atoms with E-state index in [0.717, 1.165) is 0 Å². The molecule has 0 fully saturated rings. The molecule has 7 nitrogen and oxygen atoms in total. The van der Waals surface area contributed by atoms with Crippen LogP contribution < -0.4 is 10.2 Å². The Morgan fingerprint density at radius 2 is 1.71 bits per heavy atom. The van der Waals surface area contributed by atoms with Crippen LogP contribution in [0.15, 0.2) is 53.9 Å². The van der Waals surface area contributed by atoms with Crippen molar-refractivity contribution in [3.63, 3.8) is 0 Å². The van der Waals surface area contributed by atoms with Gasteiger partial charge in [0.2, 0.25) is 0 Å². The zero-order valence-corrected chi connectivity index (χ0v) is 13.3. The minimum absolute atomic E-state index is 0.0168. The number of hydrogen-bond acceptors (Lipinski definition) is 5. The van der Waals surface area contributed by atoms with Gasteiger partial charge in [-0.15, -0.1) is 0 Å². The number of carbonyl (C=O) groups is 2. The number of carboxylic acid groups (broad SMARTS) is 1. The quantitative estimate of drug-likeness (QED) is 0.625. The fourth-order valence-electron chi connectivity index (χ4n) is 1.87. The molecule has 0 aliphatic heterocycles. The maximum absolute atomic E-state index is 11.9. The van der Waals surface area contributed by atoms with Crippen molar-refractivity contribution in [2.75, 3.05) is 0 Å². The lowest BCUT2D eigenvalue weighted by atomic mass is 10.1. The lowest BCUT2D eigenvalue weighted by molar-refractivity contribution is -0.129. The van der Waals surface area contributed by atoms with Crippen LogP contribution in [0.1, 0.15) is 29.8 Å². The molecule has 0 aliphatic carbocycles. The first kappa shape index (κ1) is 17.1. The molecule has 0 radical (unpaired) electrons. The Hall–Kier alpha value is -3.22. The van der Waals surface area contributed by atoms with Crippen LogP contribution in [-0.2, 0) is 4.79 Å². The molecule has 1 amide bonds. The van der Waals surface area contributed by atoms with Crippen molar-refractivity contribution < 1.29 is 19.4 Å². The Morgan fingerprint density at radius 1 is 1.08 bits per heavy atom. The van der Waals surface area contributed by atoms with E-state index in [9.17, 15) is 14.7 Å². The molecule has 7 heteroatoms. The van der Waals surface area contributed by atoms with Crippen LogP contribution in [0.3, 0.4) is 0 Å². The number of benzene rings is 1. The molecule has 0 unspecified atom stereocenters. The van der Waals surface area contributed by atoms with Crippen molar-refractivity contribution in [3.8, 4) is 5.75 Å². The monoisotopic (exact) mass is 327 g/mol. The molecular weight excluding hydrogens is 310 g/mol. The normalized spacial score (nSPS) is 11.2. The predicted molar refractivity (Wildman–Crippen MR) is 88.1 cm³/mol. The number of nitrogens with zero attached hydrogens (tertiary/aromatic N) is 2. The van der Waals surface area contributed by atoms with E-state index in [1.165, 1.54) is 24.5 Å². The van der Waals surface area contributed by atoms with Gasteiger partial charge in [0.25, 0.3) is 5.91 Å². The topological polar surface area (TPSA) is 101 Å². The Kier molecular flexibility index (Phi) is 5.62. The van der Waals surface area contributed by atoms with Crippen LogP contribution in [0.25, 0.3) is 0 Å². The van der Waals surface area contributed by atoms with E-state index in [1.54, 1.807) is 24.3 Å². The first-order valence-electron chi connectivity index (χ1n) is 7.26. The summed E-state index contributed by atoms with van der Waals surface area (Å²) in [4.78, 5) is 27.1. The Labute approximate surface area is 139 Å². The predicted octanol–water partition coefficient (Wildman–Crippen LogP) is 2.09. The summed E-state index contributed by atoms with van der Waals surface area (Å²) in [6.45, 7) is 3.79. The molecule has 2 aromatic rings. The summed E-state index contributed by atoms with van der Waals surface area (Å²) in [6, 6.07) is 9.45. The minimum atomic E-state index is -1.25. The number of carboxylic acids is 1. The fraction of sp³-hybridized carbons (Fsp3) is 0.176. The molecule has 0 spiro atoms. The number of aromatic nitrogens is 1. The van der Waals surface area contributed by atoms with E-state index in [4.69, 9.17) is 4.74 Å². The van der Waals surface area contributed by atoms with Gasteiger partial charge in [0.1, 0.15) is 5.75 Å². The Balaban J connectivity index is 2.17. The van der Waals surface area contributed by atoms with E-state index in [1.807, 2.05) is 13.8 Å². The summed E-state index contributed by atoms with van der Waals surface area (Å²) in [5, 5.41) is 13.0. The fourth-order valence-corrected chi connectivity index (χ4v) is 1.87. The molecule has 1 aromatic carbocycles. The second-order valence-corrected chi connectivity index (χ2v) is 5.13.